The van der Waals surface area contributed by atoms with Crippen molar-refractivity contribution in [1.29, 1.82) is 0 Å². The van der Waals surface area contributed by atoms with E-state index < -0.39 is 0 Å². The van der Waals surface area contributed by atoms with Crippen molar-refractivity contribution in [1.82, 2.24) is 5.32 Å². The average molecular weight is 219 g/mol. The summed E-state index contributed by atoms with van der Waals surface area (Å²) >= 11 is 0. The molecule has 2 rings (SSSR count). The van der Waals surface area contributed by atoms with Crippen molar-refractivity contribution in [3.63, 3.8) is 0 Å². The van der Waals surface area contributed by atoms with Gasteiger partial charge in [-0.05, 0) is 44.5 Å². The Hall–Kier alpha value is -1.02. The Morgan fingerprint density at radius 1 is 1.25 bits per heavy atom. The molecular weight excluding hydrogens is 198 g/mol. The Balaban J connectivity index is 2.35. The third kappa shape index (κ3) is 1.82. The molecule has 2 heteroatoms. The maximum absolute atomic E-state index is 6.02. The lowest BCUT2D eigenvalue weighted by Gasteiger charge is -2.17. The molecule has 0 spiro atoms. The van der Waals surface area contributed by atoms with E-state index in [0.717, 1.165) is 18.6 Å². The zero-order valence-corrected chi connectivity index (χ0v) is 10.6. The van der Waals surface area contributed by atoms with E-state index in [-0.39, 0.29) is 0 Å². The molecule has 16 heavy (non-hydrogen) atoms. The summed E-state index contributed by atoms with van der Waals surface area (Å²) in [6.07, 6.45) is 2.57. The number of rotatable bonds is 3. The standard InChI is InChI=1S/C14H21NO/c1-5-6-12-14(15-4)11-7-9(2)10(3)8-13(11)16-12/h7-8,12,14-15H,5-6H2,1-4H3. The van der Waals surface area contributed by atoms with E-state index in [1.165, 1.54) is 16.7 Å². The van der Waals surface area contributed by atoms with E-state index in [4.69, 9.17) is 4.74 Å². The van der Waals surface area contributed by atoms with E-state index >= 15 is 0 Å². The minimum absolute atomic E-state index is 0.297. The van der Waals surface area contributed by atoms with Crippen molar-refractivity contribution in [3.8, 4) is 5.75 Å². The van der Waals surface area contributed by atoms with Crippen LogP contribution < -0.4 is 10.1 Å². The Morgan fingerprint density at radius 3 is 2.56 bits per heavy atom. The third-order valence-corrected chi connectivity index (χ3v) is 3.50. The molecule has 0 radical (unpaired) electrons. The number of likely N-dealkylation sites (N-methyl/N-ethyl adjacent to an activating group) is 1. The monoisotopic (exact) mass is 219 g/mol. The second-order valence-electron chi connectivity index (χ2n) is 4.69. The first-order valence-corrected chi connectivity index (χ1v) is 6.12. The highest BCUT2D eigenvalue weighted by Crippen LogP contribution is 2.39. The van der Waals surface area contributed by atoms with E-state index in [0.29, 0.717) is 12.1 Å². The molecule has 0 aliphatic carbocycles. The highest BCUT2D eigenvalue weighted by atomic mass is 16.5. The summed E-state index contributed by atoms with van der Waals surface area (Å²) in [5.74, 6) is 1.07. The first-order chi connectivity index (χ1) is 7.67. The van der Waals surface area contributed by atoms with Gasteiger partial charge in [-0.3, -0.25) is 0 Å². The summed E-state index contributed by atoms with van der Waals surface area (Å²) in [5, 5.41) is 3.38. The third-order valence-electron chi connectivity index (χ3n) is 3.50. The maximum atomic E-state index is 6.02. The molecule has 1 heterocycles. The van der Waals surface area contributed by atoms with Gasteiger partial charge in [-0.2, -0.15) is 0 Å². The van der Waals surface area contributed by atoms with Gasteiger partial charge in [0.15, 0.2) is 0 Å². The van der Waals surface area contributed by atoms with E-state index in [1.807, 2.05) is 7.05 Å². The molecule has 0 saturated heterocycles. The van der Waals surface area contributed by atoms with Gasteiger partial charge in [0.05, 0.1) is 6.04 Å². The second kappa shape index (κ2) is 4.46. The van der Waals surface area contributed by atoms with Crippen LogP contribution in [0, 0.1) is 13.8 Å². The lowest BCUT2D eigenvalue weighted by atomic mass is 9.97. The van der Waals surface area contributed by atoms with Gasteiger partial charge in [0.1, 0.15) is 11.9 Å². The van der Waals surface area contributed by atoms with E-state index in [9.17, 15) is 0 Å². The first kappa shape index (κ1) is 11.5. The molecule has 2 nitrogen and oxygen atoms in total. The van der Waals surface area contributed by atoms with Crippen molar-refractivity contribution < 1.29 is 4.74 Å². The summed E-state index contributed by atoms with van der Waals surface area (Å²) in [4.78, 5) is 0. The summed E-state index contributed by atoms with van der Waals surface area (Å²) in [6.45, 7) is 6.51. The van der Waals surface area contributed by atoms with Crippen molar-refractivity contribution in [2.75, 3.05) is 7.05 Å². The van der Waals surface area contributed by atoms with Gasteiger partial charge in [-0.1, -0.05) is 19.4 Å². The molecule has 1 aliphatic rings. The molecule has 0 saturated carbocycles. The van der Waals surface area contributed by atoms with Crippen LogP contribution in [-0.4, -0.2) is 13.2 Å². The van der Waals surface area contributed by atoms with Crippen molar-refractivity contribution >= 4 is 0 Å². The number of nitrogens with one attached hydrogen (secondary N) is 1. The molecule has 1 aromatic carbocycles. The molecule has 1 N–H and O–H groups in total. The summed E-state index contributed by atoms with van der Waals surface area (Å²) in [6, 6.07) is 4.79. The zero-order chi connectivity index (χ0) is 11.7. The lowest BCUT2D eigenvalue weighted by molar-refractivity contribution is 0.182. The summed E-state index contributed by atoms with van der Waals surface area (Å²) < 4.78 is 6.02. The Bertz CT molecular complexity index is 387. The molecule has 1 aliphatic heterocycles. The quantitative estimate of drug-likeness (QED) is 0.843. The van der Waals surface area contributed by atoms with Gasteiger partial charge in [0.25, 0.3) is 0 Å². The fraction of sp³-hybridized carbons (Fsp3) is 0.571. The highest BCUT2D eigenvalue weighted by molar-refractivity contribution is 5.46. The molecule has 0 amide bonds. The number of hydrogen-bond acceptors (Lipinski definition) is 2. The van der Waals surface area contributed by atoms with Gasteiger partial charge < -0.3 is 10.1 Å². The van der Waals surface area contributed by atoms with Crippen LogP contribution in [-0.2, 0) is 0 Å². The number of fused-ring (bicyclic) bond motifs is 1. The summed E-state index contributed by atoms with van der Waals surface area (Å²) in [7, 11) is 2.01. The van der Waals surface area contributed by atoms with Crippen molar-refractivity contribution in [2.24, 2.45) is 0 Å². The van der Waals surface area contributed by atoms with E-state index in [2.05, 4.69) is 38.2 Å². The molecule has 1 aromatic rings. The van der Waals surface area contributed by atoms with Crippen LogP contribution in [0.15, 0.2) is 12.1 Å². The average Bonchev–Trinajstić information content (AvgIpc) is 2.56. The number of aryl methyl sites for hydroxylation is 2. The second-order valence-corrected chi connectivity index (χ2v) is 4.69. The number of benzene rings is 1. The van der Waals surface area contributed by atoms with Gasteiger partial charge in [-0.15, -0.1) is 0 Å². The van der Waals surface area contributed by atoms with Crippen LogP contribution in [0.3, 0.4) is 0 Å². The molecular formula is C14H21NO. The van der Waals surface area contributed by atoms with Crippen molar-refractivity contribution in [3.05, 3.63) is 28.8 Å². The van der Waals surface area contributed by atoms with Crippen molar-refractivity contribution in [2.45, 2.75) is 45.8 Å². The normalized spacial score (nSPS) is 23.0. The van der Waals surface area contributed by atoms with Gasteiger partial charge in [0.2, 0.25) is 0 Å². The Morgan fingerprint density at radius 2 is 1.94 bits per heavy atom. The predicted octanol–water partition coefficient (Wildman–Crippen LogP) is 3.13. The smallest absolute Gasteiger partial charge is 0.125 e. The minimum Gasteiger partial charge on any atom is -0.488 e. The topological polar surface area (TPSA) is 21.3 Å². The van der Waals surface area contributed by atoms with Crippen LogP contribution in [0.2, 0.25) is 0 Å². The Kier molecular flexibility index (Phi) is 3.20. The SMILES string of the molecule is CCCC1Oc2cc(C)c(C)cc2C1NC. The van der Waals surface area contributed by atoms with Crippen LogP contribution in [0.1, 0.15) is 42.5 Å². The predicted molar refractivity (Wildman–Crippen MR) is 67.0 cm³/mol. The van der Waals surface area contributed by atoms with Gasteiger partial charge >= 0.3 is 0 Å². The van der Waals surface area contributed by atoms with E-state index in [1.54, 1.807) is 0 Å². The first-order valence-electron chi connectivity index (χ1n) is 6.12. The molecule has 0 bridgehead atoms. The van der Waals surface area contributed by atoms with Crippen LogP contribution >= 0.6 is 0 Å². The van der Waals surface area contributed by atoms with Crippen LogP contribution in [0.4, 0.5) is 0 Å². The molecule has 2 unspecified atom stereocenters. The van der Waals surface area contributed by atoms with Gasteiger partial charge in [0, 0.05) is 5.56 Å². The Labute approximate surface area is 98.0 Å². The fourth-order valence-corrected chi connectivity index (χ4v) is 2.44. The number of hydrogen-bond donors (Lipinski definition) is 1. The van der Waals surface area contributed by atoms with Crippen LogP contribution in [0.5, 0.6) is 5.75 Å². The lowest BCUT2D eigenvalue weighted by Crippen LogP contribution is -2.28. The van der Waals surface area contributed by atoms with Crippen LogP contribution in [0.25, 0.3) is 0 Å². The largest absolute Gasteiger partial charge is 0.488 e. The number of ether oxygens (including phenoxy) is 1. The fourth-order valence-electron chi connectivity index (χ4n) is 2.44. The summed E-state index contributed by atoms with van der Waals surface area (Å²) in [5.41, 5.74) is 3.98. The maximum Gasteiger partial charge on any atom is 0.125 e. The zero-order valence-electron chi connectivity index (χ0n) is 10.6. The molecule has 0 aromatic heterocycles. The highest BCUT2D eigenvalue weighted by Gasteiger charge is 2.32. The minimum atomic E-state index is 0.297. The molecule has 2 atom stereocenters. The molecule has 0 fully saturated rings. The molecule has 88 valence electrons. The van der Waals surface area contributed by atoms with Gasteiger partial charge in [-0.25, -0.2) is 0 Å².